The van der Waals surface area contributed by atoms with Crippen LogP contribution >= 0.6 is 0 Å². The number of hydrogen-bond donors (Lipinski definition) is 2. The van der Waals surface area contributed by atoms with E-state index >= 15 is 0 Å². The van der Waals surface area contributed by atoms with Crippen LogP contribution in [0.2, 0.25) is 0 Å². The molecule has 0 radical (unpaired) electrons. The third-order valence-electron chi connectivity index (χ3n) is 2.40. The lowest BCUT2D eigenvalue weighted by atomic mass is 10.1. The molecule has 94 valence electrons. The van der Waals surface area contributed by atoms with Crippen LogP contribution in [0.15, 0.2) is 12.3 Å². The monoisotopic (exact) mass is 238 g/mol. The highest BCUT2D eigenvalue weighted by molar-refractivity contribution is 5.92. The van der Waals surface area contributed by atoms with E-state index in [0.717, 1.165) is 6.42 Å². The summed E-state index contributed by atoms with van der Waals surface area (Å²) in [6, 6.07) is 1.79. The number of nitrogens with zero attached hydrogens (tertiary/aromatic N) is 2. The molecule has 1 aromatic rings. The van der Waals surface area contributed by atoms with Crippen molar-refractivity contribution in [2.75, 3.05) is 13.7 Å². The predicted molar refractivity (Wildman–Crippen MR) is 64.2 cm³/mol. The summed E-state index contributed by atoms with van der Waals surface area (Å²) in [5.41, 5.74) is 5.44. The standard InChI is InChI=1S/C11H18N4O2/c1-11(2,16-3)5-7-17-10-14-6-4-8(15-10)9(12)13/h4,6H,5,7H2,1-3H3,(H3,12,13). The van der Waals surface area contributed by atoms with Gasteiger partial charge in [-0.25, -0.2) is 4.98 Å². The molecule has 0 fully saturated rings. The zero-order valence-electron chi connectivity index (χ0n) is 10.4. The SMILES string of the molecule is COC(C)(C)CCOc1nccc(C(=N)N)n1. The lowest BCUT2D eigenvalue weighted by Gasteiger charge is -2.22. The number of nitrogens with two attached hydrogens (primary N) is 1. The van der Waals surface area contributed by atoms with Crippen LogP contribution in [0.25, 0.3) is 0 Å². The minimum Gasteiger partial charge on any atom is -0.463 e. The minimum absolute atomic E-state index is 0.102. The first-order valence-electron chi connectivity index (χ1n) is 5.30. The first-order valence-corrected chi connectivity index (χ1v) is 5.30. The molecule has 0 saturated heterocycles. The van der Waals surface area contributed by atoms with E-state index in [0.29, 0.717) is 12.3 Å². The van der Waals surface area contributed by atoms with Gasteiger partial charge in [0, 0.05) is 19.7 Å². The summed E-state index contributed by atoms with van der Waals surface area (Å²) in [6.45, 7) is 4.40. The van der Waals surface area contributed by atoms with Crippen LogP contribution in [-0.2, 0) is 4.74 Å². The van der Waals surface area contributed by atoms with Gasteiger partial charge in [0.15, 0.2) is 0 Å². The van der Waals surface area contributed by atoms with Gasteiger partial charge in [0.05, 0.1) is 12.2 Å². The van der Waals surface area contributed by atoms with Crippen LogP contribution in [0.5, 0.6) is 6.01 Å². The molecule has 0 unspecified atom stereocenters. The maximum absolute atomic E-state index is 7.25. The number of ether oxygens (including phenoxy) is 2. The van der Waals surface area contributed by atoms with Crippen molar-refractivity contribution in [1.29, 1.82) is 5.41 Å². The molecule has 3 N–H and O–H groups in total. The van der Waals surface area contributed by atoms with Gasteiger partial charge in [0.25, 0.3) is 0 Å². The molecule has 0 aliphatic rings. The Morgan fingerprint density at radius 1 is 1.53 bits per heavy atom. The summed E-state index contributed by atoms with van der Waals surface area (Å²) in [5.74, 6) is -0.102. The fourth-order valence-electron chi connectivity index (χ4n) is 1.05. The fraction of sp³-hybridized carbons (Fsp3) is 0.545. The van der Waals surface area contributed by atoms with Crippen molar-refractivity contribution in [1.82, 2.24) is 9.97 Å². The van der Waals surface area contributed by atoms with E-state index in [9.17, 15) is 0 Å². The van der Waals surface area contributed by atoms with E-state index in [1.807, 2.05) is 13.8 Å². The van der Waals surface area contributed by atoms with Crippen molar-refractivity contribution in [3.8, 4) is 6.01 Å². The highest BCUT2D eigenvalue weighted by Crippen LogP contribution is 2.13. The van der Waals surface area contributed by atoms with Gasteiger partial charge in [-0.2, -0.15) is 4.98 Å². The van der Waals surface area contributed by atoms with Gasteiger partial charge in [-0.05, 0) is 19.9 Å². The van der Waals surface area contributed by atoms with Crippen LogP contribution in [0, 0.1) is 5.41 Å². The molecule has 0 spiro atoms. The Morgan fingerprint density at radius 3 is 2.82 bits per heavy atom. The van der Waals surface area contributed by atoms with E-state index in [2.05, 4.69) is 9.97 Å². The Balaban J connectivity index is 2.52. The number of nitrogen functional groups attached to an aromatic ring is 1. The van der Waals surface area contributed by atoms with Gasteiger partial charge in [-0.3, -0.25) is 5.41 Å². The molecule has 0 atom stereocenters. The summed E-state index contributed by atoms with van der Waals surface area (Å²) in [7, 11) is 1.66. The molecule has 0 aromatic carbocycles. The molecule has 0 saturated carbocycles. The third kappa shape index (κ3) is 4.36. The molecule has 1 rings (SSSR count). The smallest absolute Gasteiger partial charge is 0.317 e. The summed E-state index contributed by atoms with van der Waals surface area (Å²) in [6.07, 6.45) is 2.23. The van der Waals surface area contributed by atoms with Gasteiger partial charge < -0.3 is 15.2 Å². The van der Waals surface area contributed by atoms with Crippen molar-refractivity contribution in [2.24, 2.45) is 5.73 Å². The van der Waals surface area contributed by atoms with Gasteiger partial charge in [-0.15, -0.1) is 0 Å². The molecule has 17 heavy (non-hydrogen) atoms. The molecule has 6 heteroatoms. The Morgan fingerprint density at radius 2 is 2.24 bits per heavy atom. The number of methoxy groups -OCH3 is 1. The minimum atomic E-state index is -0.238. The van der Waals surface area contributed by atoms with Crippen LogP contribution in [0.3, 0.4) is 0 Å². The van der Waals surface area contributed by atoms with Crippen molar-refractivity contribution >= 4 is 5.84 Å². The molecule has 1 heterocycles. The van der Waals surface area contributed by atoms with Crippen LogP contribution in [0.4, 0.5) is 0 Å². The first kappa shape index (κ1) is 13.4. The lowest BCUT2D eigenvalue weighted by Crippen LogP contribution is -2.25. The number of nitrogens with one attached hydrogen (secondary N) is 1. The second-order valence-electron chi connectivity index (χ2n) is 4.20. The van der Waals surface area contributed by atoms with Crippen LogP contribution in [0.1, 0.15) is 26.0 Å². The maximum Gasteiger partial charge on any atom is 0.317 e. The maximum atomic E-state index is 7.25. The van der Waals surface area contributed by atoms with Crippen molar-refractivity contribution in [3.63, 3.8) is 0 Å². The normalized spacial score (nSPS) is 11.2. The number of aromatic nitrogens is 2. The third-order valence-corrected chi connectivity index (χ3v) is 2.40. The highest BCUT2D eigenvalue weighted by atomic mass is 16.5. The second kappa shape index (κ2) is 5.58. The summed E-state index contributed by atoms with van der Waals surface area (Å²) in [4.78, 5) is 7.93. The van der Waals surface area contributed by atoms with Gasteiger partial charge in [-0.1, -0.05) is 0 Å². The van der Waals surface area contributed by atoms with Crippen LogP contribution < -0.4 is 10.5 Å². The quantitative estimate of drug-likeness (QED) is 0.568. The van der Waals surface area contributed by atoms with E-state index in [4.69, 9.17) is 20.6 Å². The van der Waals surface area contributed by atoms with E-state index < -0.39 is 0 Å². The average Bonchev–Trinajstić information content (AvgIpc) is 2.29. The number of rotatable bonds is 6. The van der Waals surface area contributed by atoms with Gasteiger partial charge >= 0.3 is 6.01 Å². The number of amidine groups is 1. The van der Waals surface area contributed by atoms with Crippen molar-refractivity contribution in [2.45, 2.75) is 25.9 Å². The molecule has 1 aromatic heterocycles. The molecule has 0 aliphatic carbocycles. The topological polar surface area (TPSA) is 94.1 Å². The molecule has 0 aliphatic heterocycles. The highest BCUT2D eigenvalue weighted by Gasteiger charge is 2.16. The van der Waals surface area contributed by atoms with E-state index in [-0.39, 0.29) is 17.4 Å². The van der Waals surface area contributed by atoms with Crippen molar-refractivity contribution < 1.29 is 9.47 Å². The molecule has 0 bridgehead atoms. The van der Waals surface area contributed by atoms with E-state index in [1.54, 1.807) is 13.2 Å². The van der Waals surface area contributed by atoms with E-state index in [1.165, 1.54) is 6.20 Å². The summed E-state index contributed by atoms with van der Waals surface area (Å²) < 4.78 is 10.6. The van der Waals surface area contributed by atoms with Gasteiger partial charge in [0.2, 0.25) is 0 Å². The lowest BCUT2D eigenvalue weighted by molar-refractivity contribution is 0.00466. The zero-order chi connectivity index (χ0) is 12.9. The first-order chi connectivity index (χ1) is 7.94. The Hall–Kier alpha value is -1.69. The Bertz CT molecular complexity index is 393. The molecular formula is C11H18N4O2. The average molecular weight is 238 g/mol. The summed E-state index contributed by atoms with van der Waals surface area (Å²) in [5, 5.41) is 7.25. The van der Waals surface area contributed by atoms with Crippen LogP contribution in [-0.4, -0.2) is 35.1 Å². The second-order valence-corrected chi connectivity index (χ2v) is 4.20. The summed E-state index contributed by atoms with van der Waals surface area (Å²) >= 11 is 0. The largest absolute Gasteiger partial charge is 0.463 e. The van der Waals surface area contributed by atoms with Crippen molar-refractivity contribution in [3.05, 3.63) is 18.0 Å². The molecular weight excluding hydrogens is 220 g/mol. The Labute approximate surface area is 101 Å². The zero-order valence-corrected chi connectivity index (χ0v) is 10.4. The molecule has 0 amide bonds. The fourth-order valence-corrected chi connectivity index (χ4v) is 1.05. The predicted octanol–water partition coefficient (Wildman–Crippen LogP) is 0.955. The Kier molecular flexibility index (Phi) is 4.39. The molecule has 6 nitrogen and oxygen atoms in total. The number of hydrogen-bond acceptors (Lipinski definition) is 5. The van der Waals surface area contributed by atoms with Gasteiger partial charge in [0.1, 0.15) is 11.5 Å².